The Morgan fingerprint density at radius 2 is 2.00 bits per heavy atom. The standard InChI is InChI=1S/C13H27NO/c1-6-14-11(2)13(9-10-13)8-7-12(3,4)15-5/h11,14H,6-10H2,1-5H3. The van der Waals surface area contributed by atoms with E-state index in [9.17, 15) is 0 Å². The van der Waals surface area contributed by atoms with Crippen LogP contribution in [0.1, 0.15) is 53.4 Å². The van der Waals surface area contributed by atoms with E-state index in [1.165, 1.54) is 25.7 Å². The lowest BCUT2D eigenvalue weighted by atomic mass is 9.87. The van der Waals surface area contributed by atoms with Crippen molar-refractivity contribution in [2.45, 2.75) is 65.0 Å². The van der Waals surface area contributed by atoms with E-state index >= 15 is 0 Å². The molecule has 0 amide bonds. The maximum absolute atomic E-state index is 5.48. The highest BCUT2D eigenvalue weighted by Gasteiger charge is 2.47. The van der Waals surface area contributed by atoms with Gasteiger partial charge in [-0.25, -0.2) is 0 Å². The molecule has 0 aromatic heterocycles. The molecular formula is C13H27NO. The molecular weight excluding hydrogens is 186 g/mol. The van der Waals surface area contributed by atoms with Crippen LogP contribution >= 0.6 is 0 Å². The summed E-state index contributed by atoms with van der Waals surface area (Å²) in [5.41, 5.74) is 0.618. The molecule has 1 rings (SSSR count). The molecule has 0 radical (unpaired) electrons. The van der Waals surface area contributed by atoms with Crippen LogP contribution < -0.4 is 5.32 Å². The molecule has 0 bridgehead atoms. The minimum atomic E-state index is 0.0432. The summed E-state index contributed by atoms with van der Waals surface area (Å²) in [6, 6.07) is 0.662. The normalized spacial score (nSPS) is 21.4. The lowest BCUT2D eigenvalue weighted by Crippen LogP contribution is -2.36. The Kier molecular flexibility index (Phi) is 4.19. The Balaban J connectivity index is 2.37. The molecule has 1 aliphatic carbocycles. The molecule has 1 fully saturated rings. The zero-order chi connectivity index (χ0) is 11.5. The third-order valence-electron chi connectivity index (χ3n) is 4.10. The summed E-state index contributed by atoms with van der Waals surface area (Å²) in [6.07, 6.45) is 5.24. The molecule has 0 spiro atoms. The SMILES string of the molecule is CCNC(C)C1(CCC(C)(C)OC)CC1. The first-order chi connectivity index (χ1) is 6.96. The second-order valence-electron chi connectivity index (χ2n) is 5.61. The van der Waals surface area contributed by atoms with Crippen LogP contribution in [0.4, 0.5) is 0 Å². The number of nitrogens with one attached hydrogen (secondary N) is 1. The Morgan fingerprint density at radius 1 is 1.40 bits per heavy atom. The van der Waals surface area contributed by atoms with Crippen molar-refractivity contribution >= 4 is 0 Å². The lowest BCUT2D eigenvalue weighted by Gasteiger charge is -2.29. The maximum atomic E-state index is 5.48. The largest absolute Gasteiger partial charge is 0.379 e. The van der Waals surface area contributed by atoms with Crippen LogP contribution in [0, 0.1) is 5.41 Å². The van der Waals surface area contributed by atoms with Gasteiger partial charge in [0.05, 0.1) is 5.60 Å². The van der Waals surface area contributed by atoms with Gasteiger partial charge in [0.15, 0.2) is 0 Å². The van der Waals surface area contributed by atoms with Crippen molar-refractivity contribution in [1.29, 1.82) is 0 Å². The first-order valence-electron chi connectivity index (χ1n) is 6.24. The lowest BCUT2D eigenvalue weighted by molar-refractivity contribution is 0.00791. The van der Waals surface area contributed by atoms with E-state index in [0.29, 0.717) is 11.5 Å². The van der Waals surface area contributed by atoms with Crippen LogP contribution in [0.5, 0.6) is 0 Å². The van der Waals surface area contributed by atoms with Crippen molar-refractivity contribution in [3.63, 3.8) is 0 Å². The molecule has 1 saturated carbocycles. The van der Waals surface area contributed by atoms with Crippen LogP contribution in [0.2, 0.25) is 0 Å². The van der Waals surface area contributed by atoms with Gasteiger partial charge in [0.2, 0.25) is 0 Å². The Labute approximate surface area is 94.8 Å². The minimum Gasteiger partial charge on any atom is -0.379 e. The molecule has 0 aromatic carbocycles. The smallest absolute Gasteiger partial charge is 0.0623 e. The van der Waals surface area contributed by atoms with Crippen LogP contribution in [0.25, 0.3) is 0 Å². The quantitative estimate of drug-likeness (QED) is 0.702. The number of rotatable bonds is 7. The molecule has 1 unspecified atom stereocenters. The molecule has 0 aromatic rings. The third-order valence-corrected chi connectivity index (χ3v) is 4.10. The molecule has 0 heterocycles. The van der Waals surface area contributed by atoms with Gasteiger partial charge in [0.25, 0.3) is 0 Å². The first kappa shape index (κ1) is 13.0. The predicted octanol–water partition coefficient (Wildman–Crippen LogP) is 2.97. The van der Waals surface area contributed by atoms with E-state index in [4.69, 9.17) is 4.74 Å². The molecule has 1 atom stereocenters. The van der Waals surface area contributed by atoms with Gasteiger partial charge in [-0.1, -0.05) is 6.92 Å². The Bertz CT molecular complexity index is 197. The average Bonchev–Trinajstić information content (AvgIpc) is 2.97. The number of hydrogen-bond acceptors (Lipinski definition) is 2. The molecule has 2 nitrogen and oxygen atoms in total. The van der Waals surface area contributed by atoms with Gasteiger partial charge in [-0.05, 0) is 58.4 Å². The monoisotopic (exact) mass is 213 g/mol. The fraction of sp³-hybridized carbons (Fsp3) is 1.00. The van der Waals surface area contributed by atoms with Crippen molar-refractivity contribution in [2.75, 3.05) is 13.7 Å². The molecule has 15 heavy (non-hydrogen) atoms. The molecule has 0 saturated heterocycles. The molecule has 1 aliphatic rings. The van der Waals surface area contributed by atoms with Crippen molar-refractivity contribution in [3.8, 4) is 0 Å². The van der Waals surface area contributed by atoms with Gasteiger partial charge >= 0.3 is 0 Å². The fourth-order valence-corrected chi connectivity index (χ4v) is 2.23. The highest BCUT2D eigenvalue weighted by Crippen LogP contribution is 2.53. The first-order valence-corrected chi connectivity index (χ1v) is 6.24. The van der Waals surface area contributed by atoms with Gasteiger partial charge in [-0.3, -0.25) is 0 Å². The van der Waals surface area contributed by atoms with Crippen LogP contribution in [0.15, 0.2) is 0 Å². The van der Waals surface area contributed by atoms with Gasteiger partial charge in [0.1, 0.15) is 0 Å². The topological polar surface area (TPSA) is 21.3 Å². The summed E-state index contributed by atoms with van der Waals surface area (Å²) in [5, 5.41) is 3.56. The Hall–Kier alpha value is -0.0800. The highest BCUT2D eigenvalue weighted by molar-refractivity contribution is 5.00. The van der Waals surface area contributed by atoms with E-state index < -0.39 is 0 Å². The third kappa shape index (κ3) is 3.46. The van der Waals surface area contributed by atoms with Gasteiger partial charge in [-0.15, -0.1) is 0 Å². The molecule has 2 heteroatoms. The van der Waals surface area contributed by atoms with Crippen molar-refractivity contribution in [1.82, 2.24) is 5.32 Å². The highest BCUT2D eigenvalue weighted by atomic mass is 16.5. The zero-order valence-electron chi connectivity index (χ0n) is 11.0. The van der Waals surface area contributed by atoms with Crippen LogP contribution in [-0.4, -0.2) is 25.3 Å². The Morgan fingerprint density at radius 3 is 2.40 bits per heavy atom. The molecule has 1 N–H and O–H groups in total. The molecule has 0 aliphatic heterocycles. The van der Waals surface area contributed by atoms with E-state index in [2.05, 4.69) is 33.0 Å². The number of hydrogen-bond donors (Lipinski definition) is 1. The van der Waals surface area contributed by atoms with Crippen LogP contribution in [-0.2, 0) is 4.74 Å². The van der Waals surface area contributed by atoms with Gasteiger partial charge in [0, 0.05) is 13.2 Å². The maximum Gasteiger partial charge on any atom is 0.0623 e. The van der Waals surface area contributed by atoms with E-state index in [-0.39, 0.29) is 5.60 Å². The second kappa shape index (κ2) is 4.84. The summed E-state index contributed by atoms with van der Waals surface area (Å²) < 4.78 is 5.48. The van der Waals surface area contributed by atoms with E-state index in [0.717, 1.165) is 6.54 Å². The van der Waals surface area contributed by atoms with Crippen molar-refractivity contribution in [3.05, 3.63) is 0 Å². The fourth-order valence-electron chi connectivity index (χ4n) is 2.23. The summed E-state index contributed by atoms with van der Waals surface area (Å²) in [6.45, 7) is 9.96. The van der Waals surface area contributed by atoms with Crippen LogP contribution in [0.3, 0.4) is 0 Å². The van der Waals surface area contributed by atoms with Gasteiger partial charge in [-0.2, -0.15) is 0 Å². The number of ether oxygens (including phenoxy) is 1. The number of methoxy groups -OCH3 is 1. The van der Waals surface area contributed by atoms with E-state index in [1.54, 1.807) is 0 Å². The van der Waals surface area contributed by atoms with E-state index in [1.807, 2.05) is 7.11 Å². The second-order valence-corrected chi connectivity index (χ2v) is 5.61. The summed E-state index contributed by atoms with van der Waals surface area (Å²) >= 11 is 0. The van der Waals surface area contributed by atoms with Crippen molar-refractivity contribution in [2.24, 2.45) is 5.41 Å². The summed E-state index contributed by atoms with van der Waals surface area (Å²) in [4.78, 5) is 0. The zero-order valence-corrected chi connectivity index (χ0v) is 11.0. The molecule has 90 valence electrons. The minimum absolute atomic E-state index is 0.0432. The summed E-state index contributed by atoms with van der Waals surface area (Å²) in [5.74, 6) is 0. The van der Waals surface area contributed by atoms with Crippen molar-refractivity contribution < 1.29 is 4.74 Å². The summed E-state index contributed by atoms with van der Waals surface area (Å²) in [7, 11) is 1.81. The van der Waals surface area contributed by atoms with Gasteiger partial charge < -0.3 is 10.1 Å². The average molecular weight is 213 g/mol. The predicted molar refractivity (Wildman–Crippen MR) is 65.1 cm³/mol.